The monoisotopic (exact) mass is 437 g/mol. The molecule has 0 amide bonds. The summed E-state index contributed by atoms with van der Waals surface area (Å²) in [4.78, 5) is 25.3. The molecule has 0 fully saturated rings. The fraction of sp³-hybridized carbons (Fsp3) is 0.273. The van der Waals surface area contributed by atoms with E-state index in [9.17, 15) is 14.7 Å². The zero-order valence-corrected chi connectivity index (χ0v) is 17.9. The van der Waals surface area contributed by atoms with Crippen LogP contribution in [0.4, 0.5) is 0 Å². The van der Waals surface area contributed by atoms with Crippen molar-refractivity contribution in [3.8, 4) is 11.1 Å². The number of aryl methyl sites for hydroxylation is 2. The number of hydrogen-bond donors (Lipinski definition) is 2. The zero-order valence-electron chi connectivity index (χ0n) is 17.1. The van der Waals surface area contributed by atoms with Crippen molar-refractivity contribution in [2.45, 2.75) is 38.5 Å². The molecule has 9 heteroatoms. The van der Waals surface area contributed by atoms with Gasteiger partial charge in [-0.15, -0.1) is 5.10 Å². The third-order valence-corrected chi connectivity index (χ3v) is 5.91. The molecular formula is C22H23N5O3S. The van der Waals surface area contributed by atoms with E-state index < -0.39 is 16.9 Å². The number of aromatic nitrogens is 5. The lowest BCUT2D eigenvalue weighted by atomic mass is 9.89. The van der Waals surface area contributed by atoms with Crippen LogP contribution in [0.2, 0.25) is 0 Å². The van der Waals surface area contributed by atoms with Gasteiger partial charge in [-0.25, -0.2) is 9.48 Å². The van der Waals surface area contributed by atoms with Crippen LogP contribution in [-0.4, -0.2) is 29.7 Å². The SMILES string of the molecule is C[C@@](O)(Cn1nncc1CCCn1ccc(=O)[nH]c1=O)c1ccccc1-c1ccsc1. The van der Waals surface area contributed by atoms with Gasteiger partial charge in [0.25, 0.3) is 5.56 Å². The normalized spacial score (nSPS) is 13.2. The van der Waals surface area contributed by atoms with Gasteiger partial charge in [-0.05, 0) is 53.3 Å². The molecular weight excluding hydrogens is 414 g/mol. The van der Waals surface area contributed by atoms with E-state index in [-0.39, 0.29) is 6.54 Å². The fourth-order valence-corrected chi connectivity index (χ4v) is 4.31. The van der Waals surface area contributed by atoms with Crippen molar-refractivity contribution in [3.63, 3.8) is 0 Å². The lowest BCUT2D eigenvalue weighted by molar-refractivity contribution is 0.0337. The van der Waals surface area contributed by atoms with Crippen LogP contribution in [0.5, 0.6) is 0 Å². The minimum absolute atomic E-state index is 0.252. The topological polar surface area (TPSA) is 106 Å². The van der Waals surface area contributed by atoms with Gasteiger partial charge in [-0.1, -0.05) is 29.5 Å². The molecule has 4 rings (SSSR count). The smallest absolute Gasteiger partial charge is 0.328 e. The molecule has 31 heavy (non-hydrogen) atoms. The Labute approximate surface area is 182 Å². The third-order valence-electron chi connectivity index (χ3n) is 5.22. The van der Waals surface area contributed by atoms with Crippen molar-refractivity contribution in [1.82, 2.24) is 24.5 Å². The van der Waals surface area contributed by atoms with Crippen molar-refractivity contribution in [2.24, 2.45) is 0 Å². The number of H-pyrrole nitrogens is 1. The van der Waals surface area contributed by atoms with E-state index in [0.29, 0.717) is 19.4 Å². The Balaban J connectivity index is 1.49. The van der Waals surface area contributed by atoms with Crippen molar-refractivity contribution < 1.29 is 5.11 Å². The summed E-state index contributed by atoms with van der Waals surface area (Å²) in [5.74, 6) is 0. The number of hydrogen-bond acceptors (Lipinski definition) is 6. The quantitative estimate of drug-likeness (QED) is 0.440. The molecule has 3 aromatic heterocycles. The van der Waals surface area contributed by atoms with Gasteiger partial charge in [-0.3, -0.25) is 9.78 Å². The number of aromatic amines is 1. The van der Waals surface area contributed by atoms with Crippen LogP contribution in [0.15, 0.2) is 69.1 Å². The van der Waals surface area contributed by atoms with Crippen LogP contribution in [0.25, 0.3) is 11.1 Å². The Bertz CT molecular complexity index is 1270. The van der Waals surface area contributed by atoms with Crippen LogP contribution in [0, 0.1) is 0 Å². The molecule has 1 aromatic carbocycles. The average Bonchev–Trinajstić information content (AvgIpc) is 3.42. The molecule has 0 aliphatic rings. The molecule has 2 N–H and O–H groups in total. The van der Waals surface area contributed by atoms with Crippen LogP contribution >= 0.6 is 11.3 Å². The van der Waals surface area contributed by atoms with Crippen LogP contribution in [-0.2, 0) is 25.1 Å². The molecule has 0 aliphatic heterocycles. The predicted octanol–water partition coefficient (Wildman–Crippen LogP) is 2.40. The van der Waals surface area contributed by atoms with E-state index in [1.807, 2.05) is 35.7 Å². The second kappa shape index (κ2) is 8.83. The van der Waals surface area contributed by atoms with Gasteiger partial charge in [0.1, 0.15) is 5.60 Å². The minimum Gasteiger partial charge on any atom is -0.383 e. The maximum Gasteiger partial charge on any atom is 0.328 e. The third kappa shape index (κ3) is 4.73. The molecule has 0 saturated heterocycles. The van der Waals surface area contributed by atoms with E-state index in [1.54, 1.807) is 29.1 Å². The lowest BCUT2D eigenvalue weighted by Crippen LogP contribution is -2.30. The second-order valence-electron chi connectivity index (χ2n) is 7.62. The Morgan fingerprint density at radius 1 is 1.19 bits per heavy atom. The number of nitrogens with zero attached hydrogens (tertiary/aromatic N) is 4. The van der Waals surface area contributed by atoms with E-state index in [4.69, 9.17) is 0 Å². The summed E-state index contributed by atoms with van der Waals surface area (Å²) in [5.41, 5.74) is 1.77. The van der Waals surface area contributed by atoms with E-state index in [1.165, 1.54) is 16.8 Å². The molecule has 0 aliphatic carbocycles. The van der Waals surface area contributed by atoms with E-state index >= 15 is 0 Å². The van der Waals surface area contributed by atoms with Gasteiger partial charge in [0, 0.05) is 18.8 Å². The first-order valence-corrected chi connectivity index (χ1v) is 10.9. The Kier molecular flexibility index (Phi) is 5.97. The maximum absolute atomic E-state index is 11.8. The highest BCUT2D eigenvalue weighted by Gasteiger charge is 2.28. The van der Waals surface area contributed by atoms with Gasteiger partial charge in [0.2, 0.25) is 0 Å². The van der Waals surface area contributed by atoms with Crippen molar-refractivity contribution in [1.29, 1.82) is 0 Å². The van der Waals surface area contributed by atoms with E-state index in [0.717, 1.165) is 22.4 Å². The highest BCUT2D eigenvalue weighted by Crippen LogP contribution is 2.34. The highest BCUT2D eigenvalue weighted by atomic mass is 32.1. The standard InChI is InChI=1S/C22H23N5O3S/c1-22(30,19-7-3-2-6-18(19)16-9-12-31-14-16)15-27-17(13-23-25-27)5-4-10-26-11-8-20(28)24-21(26)29/h2-3,6-9,11-14,30H,4-5,10,15H2,1H3,(H,24,28,29)/t22-/m1/s1. The molecule has 160 valence electrons. The zero-order chi connectivity index (χ0) is 21.8. The Morgan fingerprint density at radius 2 is 2.03 bits per heavy atom. The Hall–Kier alpha value is -3.30. The molecule has 4 aromatic rings. The molecule has 0 radical (unpaired) electrons. The molecule has 0 bridgehead atoms. The van der Waals surface area contributed by atoms with Crippen molar-refractivity contribution in [3.05, 3.63) is 91.6 Å². The summed E-state index contributed by atoms with van der Waals surface area (Å²) in [5, 5.41) is 23.6. The minimum atomic E-state index is -1.16. The molecule has 8 nitrogen and oxygen atoms in total. The van der Waals surface area contributed by atoms with Gasteiger partial charge in [-0.2, -0.15) is 11.3 Å². The first-order chi connectivity index (χ1) is 14.9. The van der Waals surface area contributed by atoms with Gasteiger partial charge < -0.3 is 9.67 Å². The molecule has 3 heterocycles. The largest absolute Gasteiger partial charge is 0.383 e. The summed E-state index contributed by atoms with van der Waals surface area (Å²) in [7, 11) is 0. The number of thiophene rings is 1. The summed E-state index contributed by atoms with van der Waals surface area (Å²) < 4.78 is 3.17. The summed E-state index contributed by atoms with van der Waals surface area (Å²) >= 11 is 1.62. The summed E-state index contributed by atoms with van der Waals surface area (Å²) in [6.45, 7) is 2.49. The molecule has 0 spiro atoms. The average molecular weight is 438 g/mol. The predicted molar refractivity (Wildman–Crippen MR) is 119 cm³/mol. The van der Waals surface area contributed by atoms with Crippen LogP contribution < -0.4 is 11.2 Å². The number of benzene rings is 1. The van der Waals surface area contributed by atoms with Crippen LogP contribution in [0.3, 0.4) is 0 Å². The first kappa shape index (κ1) is 21.0. The fourth-order valence-electron chi connectivity index (χ4n) is 3.66. The number of aliphatic hydroxyl groups is 1. The second-order valence-corrected chi connectivity index (χ2v) is 8.40. The first-order valence-electron chi connectivity index (χ1n) is 9.96. The van der Waals surface area contributed by atoms with E-state index in [2.05, 4.69) is 20.7 Å². The maximum atomic E-state index is 11.8. The van der Waals surface area contributed by atoms with Gasteiger partial charge in [0.15, 0.2) is 0 Å². The number of nitrogens with one attached hydrogen (secondary N) is 1. The highest BCUT2D eigenvalue weighted by molar-refractivity contribution is 7.08. The molecule has 0 unspecified atom stereocenters. The van der Waals surface area contributed by atoms with Gasteiger partial charge in [0.05, 0.1) is 18.4 Å². The summed E-state index contributed by atoms with van der Waals surface area (Å²) in [6.07, 6.45) is 4.45. The van der Waals surface area contributed by atoms with Crippen molar-refractivity contribution >= 4 is 11.3 Å². The Morgan fingerprint density at radius 3 is 2.81 bits per heavy atom. The van der Waals surface area contributed by atoms with Crippen LogP contribution in [0.1, 0.15) is 24.6 Å². The van der Waals surface area contributed by atoms with Crippen molar-refractivity contribution in [2.75, 3.05) is 0 Å². The molecule has 0 saturated carbocycles. The lowest BCUT2D eigenvalue weighted by Gasteiger charge is -2.27. The van der Waals surface area contributed by atoms with Gasteiger partial charge >= 0.3 is 5.69 Å². The molecule has 1 atom stereocenters. The summed E-state index contributed by atoms with van der Waals surface area (Å²) in [6, 6.07) is 11.2. The number of rotatable bonds is 8.